The van der Waals surface area contributed by atoms with Gasteiger partial charge in [-0.1, -0.05) is 84.9 Å². The van der Waals surface area contributed by atoms with Gasteiger partial charge in [-0.3, -0.25) is 13.9 Å². The molecule has 4 aromatic rings. The topological polar surface area (TPSA) is 86.8 Å². The Morgan fingerprint density at radius 2 is 1.33 bits per heavy atom. The molecule has 45 heavy (non-hydrogen) atoms. The molecular formula is C37H43N3O4S. The maximum absolute atomic E-state index is 14.7. The summed E-state index contributed by atoms with van der Waals surface area (Å²) < 4.78 is 29.6. The second kappa shape index (κ2) is 14.1. The van der Waals surface area contributed by atoms with E-state index >= 15 is 0 Å². The Hall–Kier alpha value is -4.43. The third-order valence-corrected chi connectivity index (χ3v) is 9.60. The fraction of sp³-hybridized carbons (Fsp3) is 0.297. The molecule has 0 bridgehead atoms. The Morgan fingerprint density at radius 3 is 1.96 bits per heavy atom. The highest BCUT2D eigenvalue weighted by Gasteiger charge is 2.36. The van der Waals surface area contributed by atoms with Crippen LogP contribution in [0.25, 0.3) is 0 Å². The van der Waals surface area contributed by atoms with E-state index in [-0.39, 0.29) is 23.8 Å². The summed E-state index contributed by atoms with van der Waals surface area (Å²) in [5.74, 6) is -0.791. The number of nitrogens with one attached hydrogen (secondary N) is 1. The van der Waals surface area contributed by atoms with E-state index in [1.165, 1.54) is 21.3 Å². The van der Waals surface area contributed by atoms with Gasteiger partial charge in [-0.2, -0.15) is 0 Å². The number of aryl methyl sites for hydroxylation is 2. The molecule has 0 aliphatic carbocycles. The fourth-order valence-electron chi connectivity index (χ4n) is 5.22. The summed E-state index contributed by atoms with van der Waals surface area (Å²) in [6.45, 7) is 11.1. The summed E-state index contributed by atoms with van der Waals surface area (Å²) in [6, 6.07) is 29.9. The normalized spacial score (nSPS) is 12.3. The van der Waals surface area contributed by atoms with Gasteiger partial charge >= 0.3 is 0 Å². The molecule has 0 aromatic heterocycles. The van der Waals surface area contributed by atoms with Crippen molar-refractivity contribution < 1.29 is 18.0 Å². The number of rotatable bonds is 11. The number of carbonyl (C=O) groups is 2. The molecule has 0 fully saturated rings. The highest BCUT2D eigenvalue weighted by atomic mass is 32.2. The predicted molar refractivity (Wildman–Crippen MR) is 180 cm³/mol. The Kier molecular flexibility index (Phi) is 10.5. The maximum Gasteiger partial charge on any atom is 0.264 e. The zero-order valence-electron chi connectivity index (χ0n) is 26.9. The van der Waals surface area contributed by atoms with Gasteiger partial charge in [-0.05, 0) is 87.6 Å². The van der Waals surface area contributed by atoms with Crippen molar-refractivity contribution in [3.05, 3.63) is 131 Å². The van der Waals surface area contributed by atoms with E-state index in [1.54, 1.807) is 30.3 Å². The van der Waals surface area contributed by atoms with E-state index in [2.05, 4.69) is 5.32 Å². The number of nitrogens with zero attached hydrogens (tertiary/aromatic N) is 2. The van der Waals surface area contributed by atoms with Gasteiger partial charge in [-0.15, -0.1) is 0 Å². The molecule has 1 N–H and O–H groups in total. The molecule has 0 saturated heterocycles. The molecule has 0 saturated carbocycles. The molecule has 8 heteroatoms. The van der Waals surface area contributed by atoms with E-state index in [9.17, 15) is 18.0 Å². The highest BCUT2D eigenvalue weighted by Crippen LogP contribution is 2.29. The van der Waals surface area contributed by atoms with E-state index < -0.39 is 34.1 Å². The van der Waals surface area contributed by atoms with Crippen molar-refractivity contribution in [2.75, 3.05) is 10.8 Å². The van der Waals surface area contributed by atoms with E-state index in [1.807, 2.05) is 102 Å². The zero-order valence-corrected chi connectivity index (χ0v) is 27.8. The summed E-state index contributed by atoms with van der Waals surface area (Å²) in [5, 5.41) is 3.07. The molecule has 2 amide bonds. The SMILES string of the molecule is Cc1ccccc1CN(C(=O)CN(c1cccc(C)c1C)S(=O)(=O)c1ccccc1)[C@@H](Cc1ccccc1)C(=O)NC(C)(C)C. The number of benzene rings is 4. The predicted octanol–water partition coefficient (Wildman–Crippen LogP) is 6.36. The van der Waals surface area contributed by atoms with Crippen LogP contribution in [0.2, 0.25) is 0 Å². The minimum Gasteiger partial charge on any atom is -0.350 e. The third kappa shape index (κ3) is 8.39. The first kappa shape index (κ1) is 33.5. The van der Waals surface area contributed by atoms with Crippen molar-refractivity contribution in [2.45, 2.75) is 71.0 Å². The molecule has 0 spiro atoms. The van der Waals surface area contributed by atoms with Crippen molar-refractivity contribution in [3.63, 3.8) is 0 Å². The van der Waals surface area contributed by atoms with Gasteiger partial charge < -0.3 is 10.2 Å². The lowest BCUT2D eigenvalue weighted by atomic mass is 10.00. The van der Waals surface area contributed by atoms with Gasteiger partial charge in [0, 0.05) is 18.5 Å². The van der Waals surface area contributed by atoms with E-state index in [4.69, 9.17) is 0 Å². The third-order valence-electron chi connectivity index (χ3n) is 7.83. The lowest BCUT2D eigenvalue weighted by Crippen LogP contribution is -2.56. The number of amides is 2. The average Bonchev–Trinajstić information content (AvgIpc) is 3.00. The first-order valence-electron chi connectivity index (χ1n) is 15.1. The smallest absolute Gasteiger partial charge is 0.264 e. The van der Waals surface area contributed by atoms with Crippen LogP contribution in [0.1, 0.15) is 48.6 Å². The molecule has 4 aromatic carbocycles. The van der Waals surface area contributed by atoms with Crippen LogP contribution in [0.4, 0.5) is 5.69 Å². The summed E-state index contributed by atoms with van der Waals surface area (Å²) >= 11 is 0. The second-order valence-electron chi connectivity index (χ2n) is 12.4. The zero-order chi connectivity index (χ0) is 32.8. The van der Waals surface area contributed by atoms with Crippen LogP contribution in [0, 0.1) is 20.8 Å². The summed E-state index contributed by atoms with van der Waals surface area (Å²) in [7, 11) is -4.15. The number of hydrogen-bond acceptors (Lipinski definition) is 4. The Morgan fingerprint density at radius 1 is 0.756 bits per heavy atom. The number of anilines is 1. The largest absolute Gasteiger partial charge is 0.350 e. The minimum absolute atomic E-state index is 0.0791. The Labute approximate surface area is 268 Å². The molecule has 0 aliphatic heterocycles. The Balaban J connectivity index is 1.85. The standard InChI is InChI=1S/C37H43N3O4S/c1-27-17-15-23-33(29(27)3)40(45(43,44)32-21-11-8-12-22-32)26-35(41)39(25-31-20-14-13-16-28(31)2)34(36(42)38-37(4,5)6)24-30-18-9-7-10-19-30/h7-23,34H,24-26H2,1-6H3,(H,38,42)/t34-/m0/s1. The number of hydrogen-bond donors (Lipinski definition) is 1. The van der Waals surface area contributed by atoms with E-state index in [0.717, 1.165) is 27.8 Å². The molecule has 0 heterocycles. The lowest BCUT2D eigenvalue weighted by molar-refractivity contribution is -0.140. The number of sulfonamides is 1. The van der Waals surface area contributed by atoms with Gasteiger partial charge in [-0.25, -0.2) is 8.42 Å². The first-order chi connectivity index (χ1) is 21.3. The molecule has 0 unspecified atom stereocenters. The second-order valence-corrected chi connectivity index (χ2v) is 14.3. The molecular weight excluding hydrogens is 582 g/mol. The average molecular weight is 626 g/mol. The molecule has 0 radical (unpaired) electrons. The number of carbonyl (C=O) groups excluding carboxylic acids is 2. The fourth-order valence-corrected chi connectivity index (χ4v) is 6.71. The van der Waals surface area contributed by atoms with Crippen molar-refractivity contribution in [1.29, 1.82) is 0 Å². The van der Waals surface area contributed by atoms with Crippen LogP contribution >= 0.6 is 0 Å². The first-order valence-corrected chi connectivity index (χ1v) is 16.6. The molecule has 0 aliphatic rings. The van der Waals surface area contributed by atoms with Crippen LogP contribution in [-0.4, -0.2) is 43.3 Å². The van der Waals surface area contributed by atoms with Gasteiger partial charge in [0.15, 0.2) is 0 Å². The highest BCUT2D eigenvalue weighted by molar-refractivity contribution is 7.92. The van der Waals surface area contributed by atoms with Gasteiger partial charge in [0.05, 0.1) is 10.6 Å². The summed E-state index contributed by atoms with van der Waals surface area (Å²) in [6.07, 6.45) is 0.259. The summed E-state index contributed by atoms with van der Waals surface area (Å²) in [4.78, 5) is 30.3. The molecule has 236 valence electrons. The van der Waals surface area contributed by atoms with Crippen LogP contribution in [0.15, 0.2) is 108 Å². The van der Waals surface area contributed by atoms with Crippen molar-refractivity contribution in [3.8, 4) is 0 Å². The quantitative estimate of drug-likeness (QED) is 0.210. The Bertz CT molecular complexity index is 1730. The van der Waals surface area contributed by atoms with Crippen LogP contribution in [0.3, 0.4) is 0 Å². The lowest BCUT2D eigenvalue weighted by Gasteiger charge is -2.36. The molecule has 1 atom stereocenters. The van der Waals surface area contributed by atoms with Gasteiger partial charge in [0.25, 0.3) is 10.0 Å². The van der Waals surface area contributed by atoms with Crippen LogP contribution in [0.5, 0.6) is 0 Å². The van der Waals surface area contributed by atoms with Crippen molar-refractivity contribution in [2.24, 2.45) is 0 Å². The maximum atomic E-state index is 14.7. The van der Waals surface area contributed by atoms with Crippen molar-refractivity contribution in [1.82, 2.24) is 10.2 Å². The minimum atomic E-state index is -4.15. The molecule has 4 rings (SSSR count). The van der Waals surface area contributed by atoms with Crippen LogP contribution in [-0.2, 0) is 32.6 Å². The monoisotopic (exact) mass is 625 g/mol. The van der Waals surface area contributed by atoms with E-state index in [0.29, 0.717) is 5.69 Å². The van der Waals surface area contributed by atoms with Gasteiger partial charge in [0.2, 0.25) is 11.8 Å². The summed E-state index contributed by atoms with van der Waals surface area (Å²) in [5.41, 5.74) is 4.24. The van der Waals surface area contributed by atoms with Gasteiger partial charge in [0.1, 0.15) is 12.6 Å². The van der Waals surface area contributed by atoms with Crippen molar-refractivity contribution >= 4 is 27.5 Å². The molecule has 7 nitrogen and oxygen atoms in total. The van der Waals surface area contributed by atoms with Crippen LogP contribution < -0.4 is 9.62 Å².